The van der Waals surface area contributed by atoms with Crippen molar-refractivity contribution in [2.45, 2.75) is 5.92 Å². The fourth-order valence-corrected chi connectivity index (χ4v) is 4.17. The molecule has 0 saturated carbocycles. The zero-order chi connectivity index (χ0) is 24.4. The van der Waals surface area contributed by atoms with Gasteiger partial charge in [-0.05, 0) is 41.5 Å². The van der Waals surface area contributed by atoms with Gasteiger partial charge in [-0.15, -0.1) is 0 Å². The van der Waals surface area contributed by atoms with Gasteiger partial charge < -0.3 is 24.4 Å². The van der Waals surface area contributed by atoms with E-state index in [0.717, 1.165) is 5.56 Å². The number of benzene rings is 2. The number of carbonyl (C=O) groups is 1. The third kappa shape index (κ3) is 3.84. The zero-order valence-corrected chi connectivity index (χ0v) is 19.5. The average molecular weight is 476 g/mol. The van der Waals surface area contributed by atoms with E-state index in [9.17, 15) is 10.1 Å². The van der Waals surface area contributed by atoms with Crippen LogP contribution in [0.4, 0.5) is 0 Å². The Labute approximate surface area is 200 Å². The van der Waals surface area contributed by atoms with Gasteiger partial charge in [-0.3, -0.25) is 4.57 Å². The second-order valence-electron chi connectivity index (χ2n) is 7.36. The molecule has 0 saturated heterocycles. The second kappa shape index (κ2) is 9.29. The molecule has 9 heteroatoms. The van der Waals surface area contributed by atoms with Crippen molar-refractivity contribution in [2.75, 3.05) is 21.3 Å². The van der Waals surface area contributed by atoms with Crippen LogP contribution in [0.1, 0.15) is 17.0 Å². The fraction of sp³-hybridized carbons (Fsp3) is 0.160. The lowest BCUT2D eigenvalue weighted by molar-refractivity contribution is -0.134. The molecule has 1 unspecified atom stereocenters. The van der Waals surface area contributed by atoms with Gasteiger partial charge >= 0.3 is 5.97 Å². The molecular weight excluding hydrogens is 454 g/mol. The predicted octanol–water partition coefficient (Wildman–Crippen LogP) is 2.43. The molecule has 1 aliphatic rings. The predicted molar refractivity (Wildman–Crippen MR) is 128 cm³/mol. The van der Waals surface area contributed by atoms with Crippen LogP contribution in [0.3, 0.4) is 0 Å². The minimum Gasteiger partial charge on any atom is -0.497 e. The molecule has 34 heavy (non-hydrogen) atoms. The van der Waals surface area contributed by atoms with E-state index >= 15 is 0 Å². The standard InChI is InChI=1S/C25H21N3O5S/c1-30-16-8-4-6-14(10-16)11-19-24(34)28-22(27)18(13-26)20(15-7-5-9-17(12-15)31-2)21(23(28)33-19)25(29)32-3/h4-12,20H,27H2,1-3H3. The van der Waals surface area contributed by atoms with E-state index in [-0.39, 0.29) is 27.2 Å². The lowest BCUT2D eigenvalue weighted by Crippen LogP contribution is -2.34. The van der Waals surface area contributed by atoms with E-state index in [1.807, 2.05) is 24.3 Å². The Hall–Kier alpha value is -4.29. The van der Waals surface area contributed by atoms with E-state index in [4.69, 9.17) is 36.6 Å². The van der Waals surface area contributed by atoms with Gasteiger partial charge in [0.1, 0.15) is 22.9 Å². The van der Waals surface area contributed by atoms with Gasteiger partial charge in [0.05, 0.1) is 38.9 Å². The van der Waals surface area contributed by atoms with Gasteiger partial charge in [0, 0.05) is 0 Å². The van der Waals surface area contributed by atoms with Crippen molar-refractivity contribution in [3.05, 3.63) is 80.8 Å². The van der Waals surface area contributed by atoms with Crippen molar-refractivity contribution < 1.29 is 23.4 Å². The molecule has 8 nitrogen and oxygen atoms in total. The molecule has 0 aliphatic carbocycles. The van der Waals surface area contributed by atoms with Gasteiger partial charge in [-0.2, -0.15) is 5.26 Å². The Morgan fingerprint density at radius 3 is 2.47 bits per heavy atom. The first kappa shape index (κ1) is 22.9. The minimum atomic E-state index is -0.835. The highest BCUT2D eigenvalue weighted by Crippen LogP contribution is 2.37. The summed E-state index contributed by atoms with van der Waals surface area (Å²) in [6.45, 7) is 0. The average Bonchev–Trinajstić information content (AvgIpc) is 3.19. The molecule has 1 aromatic heterocycles. The summed E-state index contributed by atoms with van der Waals surface area (Å²) in [6, 6.07) is 16.5. The number of oxazole rings is 1. The lowest BCUT2D eigenvalue weighted by Gasteiger charge is -2.24. The second-order valence-corrected chi connectivity index (χ2v) is 7.75. The Bertz CT molecular complexity index is 1540. The number of rotatable bonds is 5. The molecule has 3 aromatic rings. The smallest absolute Gasteiger partial charge is 0.340 e. The molecule has 2 aromatic carbocycles. The maximum absolute atomic E-state index is 13.0. The van der Waals surface area contributed by atoms with Crippen LogP contribution in [0, 0.1) is 16.0 Å². The number of methoxy groups -OCH3 is 3. The molecule has 0 amide bonds. The van der Waals surface area contributed by atoms with Gasteiger partial charge in [-0.1, -0.05) is 36.5 Å². The first-order valence-electron chi connectivity index (χ1n) is 10.2. The number of nitrogens with two attached hydrogens (primary N) is 1. The highest BCUT2D eigenvalue weighted by Gasteiger charge is 2.37. The topological polar surface area (TPSA) is 113 Å². The summed E-state index contributed by atoms with van der Waals surface area (Å²) in [4.78, 5) is 13.0. The van der Waals surface area contributed by atoms with Gasteiger partial charge in [0.25, 0.3) is 0 Å². The van der Waals surface area contributed by atoms with Crippen LogP contribution in [-0.4, -0.2) is 31.9 Å². The largest absolute Gasteiger partial charge is 0.497 e. The molecule has 0 radical (unpaired) electrons. The number of hydrogen-bond donors (Lipinski definition) is 1. The molecule has 4 rings (SSSR count). The Kier molecular flexibility index (Phi) is 6.25. The van der Waals surface area contributed by atoms with Crippen LogP contribution in [-0.2, 0) is 9.53 Å². The summed E-state index contributed by atoms with van der Waals surface area (Å²) in [6.07, 6.45) is 1.71. The zero-order valence-electron chi connectivity index (χ0n) is 18.7. The summed E-state index contributed by atoms with van der Waals surface area (Å²) < 4.78 is 23.4. The van der Waals surface area contributed by atoms with Crippen molar-refractivity contribution in [1.82, 2.24) is 4.57 Å². The highest BCUT2D eigenvalue weighted by atomic mass is 32.1. The van der Waals surface area contributed by atoms with E-state index in [1.165, 1.54) is 18.8 Å². The number of aromatic nitrogens is 1. The summed E-state index contributed by atoms with van der Waals surface area (Å²) in [5.74, 6) is -0.200. The number of nitriles is 1. The Morgan fingerprint density at radius 2 is 1.82 bits per heavy atom. The lowest BCUT2D eigenvalue weighted by atomic mass is 9.83. The molecule has 2 N–H and O–H groups in total. The molecule has 0 bridgehead atoms. The molecule has 0 spiro atoms. The van der Waals surface area contributed by atoms with E-state index < -0.39 is 11.9 Å². The monoisotopic (exact) mass is 475 g/mol. The fourth-order valence-electron chi connectivity index (χ4n) is 3.89. The van der Waals surface area contributed by atoms with Crippen LogP contribution in [0.15, 0.2) is 58.5 Å². The maximum atomic E-state index is 13.0. The third-order valence-corrected chi connectivity index (χ3v) is 5.88. The number of hydrogen-bond acceptors (Lipinski definition) is 8. The molecule has 1 aliphatic heterocycles. The van der Waals surface area contributed by atoms with Crippen molar-refractivity contribution in [1.29, 1.82) is 5.26 Å². The summed E-state index contributed by atoms with van der Waals surface area (Å²) in [5, 5.41) is 10.0. The van der Waals surface area contributed by atoms with E-state index in [2.05, 4.69) is 6.07 Å². The van der Waals surface area contributed by atoms with Gasteiger partial charge in [0.15, 0.2) is 10.1 Å². The highest BCUT2D eigenvalue weighted by molar-refractivity contribution is 7.71. The number of allylic oxidation sites excluding steroid dienone is 1. The first-order chi connectivity index (χ1) is 16.4. The van der Waals surface area contributed by atoms with Crippen LogP contribution in [0.5, 0.6) is 11.5 Å². The summed E-state index contributed by atoms with van der Waals surface area (Å²) >= 11 is 5.62. The van der Waals surface area contributed by atoms with E-state index in [1.54, 1.807) is 37.5 Å². The number of nitrogens with zero attached hydrogens (tertiary/aromatic N) is 2. The molecule has 172 valence electrons. The molecule has 2 heterocycles. The van der Waals surface area contributed by atoms with Crippen molar-refractivity contribution in [2.24, 2.45) is 5.73 Å². The van der Waals surface area contributed by atoms with Crippen molar-refractivity contribution in [3.8, 4) is 17.6 Å². The van der Waals surface area contributed by atoms with Crippen LogP contribution in [0.25, 0.3) is 17.5 Å². The summed E-state index contributed by atoms with van der Waals surface area (Å²) in [5.41, 5.74) is 8.46. The SMILES string of the molecule is COC(=O)C1=c2oc(=Cc3cccc(OC)c3)c(=S)n2C(N)=C(C#N)C1c1cccc(OC)c1. The van der Waals surface area contributed by atoms with Crippen LogP contribution >= 0.6 is 12.2 Å². The normalized spacial score (nSPS) is 15.5. The minimum absolute atomic E-state index is 0.0806. The van der Waals surface area contributed by atoms with Crippen molar-refractivity contribution >= 4 is 35.7 Å². The number of ether oxygens (including phenoxy) is 3. The Balaban J connectivity index is 2.08. The number of fused-ring (bicyclic) bond motifs is 1. The first-order valence-corrected chi connectivity index (χ1v) is 10.6. The quantitative estimate of drug-likeness (QED) is 0.442. The summed E-state index contributed by atoms with van der Waals surface area (Å²) in [7, 11) is 4.37. The molecule has 1 atom stereocenters. The third-order valence-electron chi connectivity index (χ3n) is 5.49. The molecular formula is C25H21N3O5S. The van der Waals surface area contributed by atoms with Gasteiger partial charge in [-0.25, -0.2) is 4.79 Å². The number of carbonyl (C=O) groups excluding carboxylic acids is 1. The van der Waals surface area contributed by atoms with Crippen LogP contribution < -0.4 is 26.2 Å². The maximum Gasteiger partial charge on any atom is 0.340 e. The Morgan fingerprint density at radius 1 is 1.15 bits per heavy atom. The van der Waals surface area contributed by atoms with Gasteiger partial charge in [0.2, 0.25) is 5.55 Å². The van der Waals surface area contributed by atoms with E-state index in [0.29, 0.717) is 22.5 Å². The molecule has 0 fully saturated rings. The number of esters is 1. The van der Waals surface area contributed by atoms with Crippen LogP contribution in [0.2, 0.25) is 0 Å². The van der Waals surface area contributed by atoms with Crippen molar-refractivity contribution in [3.63, 3.8) is 0 Å².